The van der Waals surface area contributed by atoms with Crippen molar-refractivity contribution in [2.75, 3.05) is 24.5 Å². The zero-order valence-electron chi connectivity index (χ0n) is 18.8. The molecule has 1 amide bonds. The summed E-state index contributed by atoms with van der Waals surface area (Å²) in [6.07, 6.45) is 7.62. The molecule has 5 rings (SSSR count). The van der Waals surface area contributed by atoms with Gasteiger partial charge < -0.3 is 9.80 Å². The monoisotopic (exact) mass is 438 g/mol. The van der Waals surface area contributed by atoms with Crippen LogP contribution < -0.4 is 4.90 Å². The van der Waals surface area contributed by atoms with E-state index in [2.05, 4.69) is 28.6 Å². The van der Waals surface area contributed by atoms with Crippen molar-refractivity contribution in [3.8, 4) is 23.3 Å². The van der Waals surface area contributed by atoms with Gasteiger partial charge in [0.15, 0.2) is 0 Å². The highest BCUT2D eigenvalue weighted by Crippen LogP contribution is 2.46. The summed E-state index contributed by atoms with van der Waals surface area (Å²) < 4.78 is 0. The van der Waals surface area contributed by atoms with Gasteiger partial charge in [0.1, 0.15) is 18.0 Å². The zero-order chi connectivity index (χ0) is 23.1. The van der Waals surface area contributed by atoms with Crippen LogP contribution >= 0.6 is 0 Å². The predicted octanol–water partition coefficient (Wildman–Crippen LogP) is 3.85. The molecule has 2 aromatic rings. The number of piperazine rings is 1. The van der Waals surface area contributed by atoms with Crippen LogP contribution in [0.15, 0.2) is 24.9 Å². The standard InChI is InChI=1S/C26H26N6O/c1-3-21-11-22(20(13-28)14-29-21)23-10-19(12-27)26(30-25(23)18-6-7-18)31-8-9-32(16(2)33)24(15-31)17-4-5-17/h3,10-11,14,17-18,24H,1,4-9,15H2,2H3. The number of hydrogen-bond donors (Lipinski definition) is 0. The van der Waals surface area contributed by atoms with E-state index >= 15 is 0 Å². The Hall–Kier alpha value is -3.71. The first-order valence-electron chi connectivity index (χ1n) is 11.5. The molecule has 0 N–H and O–H groups in total. The quantitative estimate of drug-likeness (QED) is 0.703. The van der Waals surface area contributed by atoms with E-state index in [0.29, 0.717) is 54.1 Å². The van der Waals surface area contributed by atoms with Crippen LogP contribution in [-0.2, 0) is 4.79 Å². The van der Waals surface area contributed by atoms with Crippen molar-refractivity contribution in [3.63, 3.8) is 0 Å². The highest BCUT2D eigenvalue weighted by molar-refractivity contribution is 5.78. The fourth-order valence-corrected chi connectivity index (χ4v) is 4.90. The van der Waals surface area contributed by atoms with Gasteiger partial charge >= 0.3 is 0 Å². The number of carbonyl (C=O) groups excluding carboxylic acids is 1. The van der Waals surface area contributed by atoms with E-state index in [4.69, 9.17) is 4.98 Å². The minimum atomic E-state index is 0.119. The lowest BCUT2D eigenvalue weighted by atomic mass is 9.95. The number of hydrogen-bond acceptors (Lipinski definition) is 6. The average molecular weight is 439 g/mol. The molecule has 33 heavy (non-hydrogen) atoms. The van der Waals surface area contributed by atoms with Crippen LogP contribution in [0.4, 0.5) is 5.82 Å². The second-order valence-corrected chi connectivity index (χ2v) is 9.21. The Labute approximate surface area is 194 Å². The van der Waals surface area contributed by atoms with Gasteiger partial charge in [0.05, 0.1) is 28.6 Å². The molecular weight excluding hydrogens is 412 g/mol. The molecule has 1 saturated heterocycles. The third-order valence-corrected chi connectivity index (χ3v) is 6.95. The smallest absolute Gasteiger partial charge is 0.219 e. The second kappa shape index (κ2) is 8.33. The molecule has 0 bridgehead atoms. The molecule has 1 aliphatic heterocycles. The lowest BCUT2D eigenvalue weighted by molar-refractivity contribution is -0.132. The van der Waals surface area contributed by atoms with E-state index < -0.39 is 0 Å². The summed E-state index contributed by atoms with van der Waals surface area (Å²) in [7, 11) is 0. The maximum Gasteiger partial charge on any atom is 0.219 e. The first kappa shape index (κ1) is 21.2. The molecule has 2 aliphatic carbocycles. The van der Waals surface area contributed by atoms with Crippen LogP contribution in [0.5, 0.6) is 0 Å². The summed E-state index contributed by atoms with van der Waals surface area (Å²) in [6.45, 7) is 7.45. The number of carbonyl (C=O) groups is 1. The number of amides is 1. The van der Waals surface area contributed by atoms with Gasteiger partial charge in [-0.05, 0) is 49.8 Å². The maximum absolute atomic E-state index is 12.2. The first-order valence-corrected chi connectivity index (χ1v) is 11.5. The number of nitrogens with zero attached hydrogens (tertiary/aromatic N) is 6. The maximum atomic E-state index is 12.2. The van der Waals surface area contributed by atoms with E-state index in [1.165, 1.54) is 0 Å². The molecule has 166 valence electrons. The highest BCUT2D eigenvalue weighted by Gasteiger charge is 2.41. The molecule has 0 aromatic carbocycles. The largest absolute Gasteiger partial charge is 0.352 e. The van der Waals surface area contributed by atoms with Crippen LogP contribution in [0, 0.1) is 28.6 Å². The topological polar surface area (TPSA) is 96.9 Å². The second-order valence-electron chi connectivity index (χ2n) is 9.21. The molecule has 3 fully saturated rings. The van der Waals surface area contributed by atoms with Crippen molar-refractivity contribution in [1.29, 1.82) is 10.5 Å². The van der Waals surface area contributed by atoms with E-state index in [1.807, 2.05) is 17.0 Å². The van der Waals surface area contributed by atoms with Crippen LogP contribution in [0.2, 0.25) is 0 Å². The molecule has 2 aromatic heterocycles. The number of anilines is 1. The Kier molecular flexibility index (Phi) is 5.34. The Morgan fingerprint density at radius 1 is 1.12 bits per heavy atom. The van der Waals surface area contributed by atoms with Crippen molar-refractivity contribution >= 4 is 17.8 Å². The van der Waals surface area contributed by atoms with Gasteiger partial charge in [0, 0.05) is 49.8 Å². The minimum Gasteiger partial charge on any atom is -0.352 e. The highest BCUT2D eigenvalue weighted by atomic mass is 16.2. The van der Waals surface area contributed by atoms with E-state index in [1.54, 1.807) is 19.2 Å². The first-order chi connectivity index (χ1) is 16.0. The molecule has 7 heteroatoms. The lowest BCUT2D eigenvalue weighted by Gasteiger charge is -2.42. The van der Waals surface area contributed by atoms with E-state index in [9.17, 15) is 15.3 Å². The molecule has 1 unspecified atom stereocenters. The van der Waals surface area contributed by atoms with Crippen molar-refractivity contribution in [1.82, 2.24) is 14.9 Å². The molecule has 3 aliphatic rings. The van der Waals surface area contributed by atoms with Crippen LogP contribution in [0.3, 0.4) is 0 Å². The zero-order valence-corrected chi connectivity index (χ0v) is 18.8. The van der Waals surface area contributed by atoms with E-state index in [0.717, 1.165) is 42.5 Å². The molecule has 1 atom stereocenters. The summed E-state index contributed by atoms with van der Waals surface area (Å²) in [5, 5.41) is 19.7. The number of aromatic nitrogens is 2. The molecular formula is C26H26N6O. The van der Waals surface area contributed by atoms with Gasteiger partial charge in [-0.1, -0.05) is 6.58 Å². The fraction of sp³-hybridized carbons (Fsp3) is 0.423. The number of pyridine rings is 2. The Morgan fingerprint density at radius 3 is 2.48 bits per heavy atom. The molecule has 0 spiro atoms. The average Bonchev–Trinajstić information content (AvgIpc) is 3.75. The van der Waals surface area contributed by atoms with Crippen molar-refractivity contribution in [3.05, 3.63) is 47.4 Å². The number of nitriles is 2. The summed E-state index contributed by atoms with van der Waals surface area (Å²) in [6, 6.07) is 8.50. The molecule has 3 heterocycles. The molecule has 2 saturated carbocycles. The SMILES string of the molecule is C=Cc1cc(-c2cc(C#N)c(N3CCN(C(C)=O)C(C4CC4)C3)nc2C2CC2)c(C#N)cn1. The molecule has 0 radical (unpaired) electrons. The summed E-state index contributed by atoms with van der Waals surface area (Å²) in [5.74, 6) is 1.69. The van der Waals surface area contributed by atoms with Gasteiger partial charge in [-0.2, -0.15) is 10.5 Å². The summed E-state index contributed by atoms with van der Waals surface area (Å²) in [4.78, 5) is 25.7. The van der Waals surface area contributed by atoms with Crippen molar-refractivity contribution in [2.24, 2.45) is 5.92 Å². The Balaban J connectivity index is 1.58. The van der Waals surface area contributed by atoms with Gasteiger partial charge in [0.25, 0.3) is 0 Å². The Bertz CT molecular complexity index is 1210. The number of rotatable bonds is 5. The molecule has 7 nitrogen and oxygen atoms in total. The fourth-order valence-electron chi connectivity index (χ4n) is 4.90. The van der Waals surface area contributed by atoms with Gasteiger partial charge in [-0.25, -0.2) is 4.98 Å². The third-order valence-electron chi connectivity index (χ3n) is 6.95. The lowest BCUT2D eigenvalue weighted by Crippen LogP contribution is -2.56. The third kappa shape index (κ3) is 3.96. The van der Waals surface area contributed by atoms with Crippen LogP contribution in [0.25, 0.3) is 17.2 Å². The normalized spacial score (nSPS) is 20.2. The van der Waals surface area contributed by atoms with Crippen molar-refractivity contribution < 1.29 is 4.79 Å². The van der Waals surface area contributed by atoms with Gasteiger partial charge in [0.2, 0.25) is 5.91 Å². The van der Waals surface area contributed by atoms with Gasteiger partial charge in [-0.15, -0.1) is 0 Å². The summed E-state index contributed by atoms with van der Waals surface area (Å²) >= 11 is 0. The predicted molar refractivity (Wildman–Crippen MR) is 125 cm³/mol. The summed E-state index contributed by atoms with van der Waals surface area (Å²) in [5.41, 5.74) is 4.17. The van der Waals surface area contributed by atoms with E-state index in [-0.39, 0.29) is 11.9 Å². The van der Waals surface area contributed by atoms with Gasteiger partial charge in [-0.3, -0.25) is 9.78 Å². The van der Waals surface area contributed by atoms with Crippen LogP contribution in [0.1, 0.15) is 61.0 Å². The van der Waals surface area contributed by atoms with Crippen LogP contribution in [-0.4, -0.2) is 46.5 Å². The minimum absolute atomic E-state index is 0.119. The Morgan fingerprint density at radius 2 is 1.88 bits per heavy atom. The van der Waals surface area contributed by atoms with Crippen molar-refractivity contribution in [2.45, 2.75) is 44.6 Å².